The van der Waals surface area contributed by atoms with Crippen molar-refractivity contribution in [2.24, 2.45) is 5.10 Å². The minimum absolute atomic E-state index is 0.764. The lowest BCUT2D eigenvalue weighted by Crippen LogP contribution is -2.33. The van der Waals surface area contributed by atoms with Gasteiger partial charge >= 0.3 is 0 Å². The van der Waals surface area contributed by atoms with E-state index in [2.05, 4.69) is 45.4 Å². The summed E-state index contributed by atoms with van der Waals surface area (Å²) < 4.78 is 0. The first-order valence-electron chi connectivity index (χ1n) is 10.5. The van der Waals surface area contributed by atoms with Gasteiger partial charge in [-0.3, -0.25) is 5.43 Å². The van der Waals surface area contributed by atoms with Crippen molar-refractivity contribution in [3.63, 3.8) is 0 Å². The summed E-state index contributed by atoms with van der Waals surface area (Å²) in [6, 6.07) is 10.3. The van der Waals surface area contributed by atoms with Crippen molar-refractivity contribution < 1.29 is 0 Å². The van der Waals surface area contributed by atoms with E-state index in [9.17, 15) is 0 Å². The molecule has 0 aliphatic carbocycles. The number of hydrogen-bond donors (Lipinski definition) is 1. The van der Waals surface area contributed by atoms with Gasteiger partial charge in [0.2, 0.25) is 5.95 Å². The lowest BCUT2D eigenvalue weighted by molar-refractivity contribution is 0.561. The third-order valence-electron chi connectivity index (χ3n) is 5.45. The Hall–Kier alpha value is -2.63. The van der Waals surface area contributed by atoms with E-state index < -0.39 is 0 Å². The van der Waals surface area contributed by atoms with Crippen LogP contribution in [0.3, 0.4) is 0 Å². The predicted molar refractivity (Wildman–Crippen MR) is 117 cm³/mol. The topological polar surface area (TPSA) is 56.7 Å². The molecule has 0 radical (unpaired) electrons. The van der Waals surface area contributed by atoms with Gasteiger partial charge in [0.1, 0.15) is 5.82 Å². The standard InChI is InChI=1S/C22H30N6/c1-18-9-8-10-19(15-18)17-23-26-20-16-21(27-11-4-2-5-12-27)25-22(24-20)28-13-6-3-7-14-28/h8-10,15-17H,2-7,11-14H2,1H3,(H,24,25,26)/b23-17-. The molecule has 6 heteroatoms. The molecule has 1 aromatic heterocycles. The van der Waals surface area contributed by atoms with Gasteiger partial charge in [-0.25, -0.2) is 0 Å². The van der Waals surface area contributed by atoms with Crippen LogP contribution < -0.4 is 15.2 Å². The normalized spacial score (nSPS) is 17.9. The molecule has 28 heavy (non-hydrogen) atoms. The smallest absolute Gasteiger partial charge is 0.229 e. The van der Waals surface area contributed by atoms with Crippen molar-refractivity contribution in [2.75, 3.05) is 41.4 Å². The van der Waals surface area contributed by atoms with Crippen molar-refractivity contribution in [3.05, 3.63) is 41.5 Å². The Morgan fingerprint density at radius 3 is 2.32 bits per heavy atom. The quantitative estimate of drug-likeness (QED) is 0.624. The summed E-state index contributed by atoms with van der Waals surface area (Å²) in [6.45, 7) is 6.31. The molecule has 3 heterocycles. The van der Waals surface area contributed by atoms with Crippen molar-refractivity contribution in [1.29, 1.82) is 0 Å². The SMILES string of the molecule is Cc1cccc(/C=N\Nc2cc(N3CCCCC3)nc(N3CCCCC3)n2)c1. The molecule has 2 fully saturated rings. The van der Waals surface area contributed by atoms with Gasteiger partial charge in [-0.05, 0) is 51.0 Å². The fourth-order valence-electron chi connectivity index (χ4n) is 3.92. The Morgan fingerprint density at radius 2 is 1.61 bits per heavy atom. The molecule has 2 aliphatic rings. The molecule has 1 aromatic carbocycles. The van der Waals surface area contributed by atoms with E-state index >= 15 is 0 Å². The van der Waals surface area contributed by atoms with Crippen LogP contribution in [0.25, 0.3) is 0 Å². The maximum absolute atomic E-state index is 4.91. The maximum Gasteiger partial charge on any atom is 0.229 e. The van der Waals surface area contributed by atoms with Crippen LogP contribution in [0.5, 0.6) is 0 Å². The number of nitrogens with one attached hydrogen (secondary N) is 1. The van der Waals surface area contributed by atoms with E-state index in [1.54, 1.807) is 0 Å². The van der Waals surface area contributed by atoms with Crippen LogP contribution in [-0.4, -0.2) is 42.4 Å². The molecule has 4 rings (SSSR count). The van der Waals surface area contributed by atoms with Gasteiger partial charge in [0.15, 0.2) is 5.82 Å². The summed E-state index contributed by atoms with van der Waals surface area (Å²) in [7, 11) is 0. The van der Waals surface area contributed by atoms with Crippen LogP contribution in [0.2, 0.25) is 0 Å². The Labute approximate surface area is 167 Å². The molecule has 1 N–H and O–H groups in total. The Morgan fingerprint density at radius 1 is 0.893 bits per heavy atom. The van der Waals surface area contributed by atoms with Gasteiger partial charge in [0.25, 0.3) is 0 Å². The number of benzene rings is 1. The zero-order chi connectivity index (χ0) is 19.2. The number of anilines is 3. The minimum Gasteiger partial charge on any atom is -0.356 e. The van der Waals surface area contributed by atoms with E-state index in [1.165, 1.54) is 44.1 Å². The highest BCUT2D eigenvalue weighted by Crippen LogP contribution is 2.25. The summed E-state index contributed by atoms with van der Waals surface area (Å²) in [6.07, 6.45) is 9.35. The number of rotatable bonds is 5. The van der Waals surface area contributed by atoms with E-state index in [-0.39, 0.29) is 0 Å². The monoisotopic (exact) mass is 378 g/mol. The summed E-state index contributed by atoms with van der Waals surface area (Å²) in [5, 5.41) is 4.42. The average Bonchev–Trinajstić information content (AvgIpc) is 2.75. The van der Waals surface area contributed by atoms with Crippen molar-refractivity contribution in [2.45, 2.75) is 45.4 Å². The maximum atomic E-state index is 4.91. The average molecular weight is 379 g/mol. The van der Waals surface area contributed by atoms with E-state index in [4.69, 9.17) is 9.97 Å². The molecule has 0 bridgehead atoms. The van der Waals surface area contributed by atoms with E-state index in [0.717, 1.165) is 49.3 Å². The van der Waals surface area contributed by atoms with Crippen LogP contribution in [0.4, 0.5) is 17.6 Å². The van der Waals surface area contributed by atoms with Crippen LogP contribution in [0.15, 0.2) is 35.4 Å². The molecule has 0 amide bonds. The summed E-state index contributed by atoms with van der Waals surface area (Å²) in [4.78, 5) is 14.4. The first-order valence-corrected chi connectivity index (χ1v) is 10.5. The van der Waals surface area contributed by atoms with Gasteiger partial charge in [-0.2, -0.15) is 15.1 Å². The van der Waals surface area contributed by atoms with Gasteiger partial charge in [-0.15, -0.1) is 0 Å². The molecule has 6 nitrogen and oxygen atoms in total. The molecule has 0 unspecified atom stereocenters. The van der Waals surface area contributed by atoms with Gasteiger partial charge in [0, 0.05) is 32.2 Å². The highest BCUT2D eigenvalue weighted by Gasteiger charge is 2.19. The lowest BCUT2D eigenvalue weighted by Gasteiger charge is -2.31. The Balaban J connectivity index is 1.55. The number of hydrogen-bond acceptors (Lipinski definition) is 6. The fourth-order valence-corrected chi connectivity index (χ4v) is 3.92. The third kappa shape index (κ3) is 4.80. The zero-order valence-corrected chi connectivity index (χ0v) is 16.8. The number of piperidine rings is 2. The minimum atomic E-state index is 0.764. The Bertz CT molecular complexity index is 770. The fraction of sp³-hybridized carbons (Fsp3) is 0.500. The molecule has 2 aromatic rings. The van der Waals surface area contributed by atoms with Gasteiger partial charge in [0.05, 0.1) is 6.21 Å². The van der Waals surface area contributed by atoms with Crippen molar-refractivity contribution >= 4 is 23.8 Å². The lowest BCUT2D eigenvalue weighted by atomic mass is 10.1. The van der Waals surface area contributed by atoms with E-state index in [1.807, 2.05) is 18.3 Å². The first kappa shape index (κ1) is 18.7. The summed E-state index contributed by atoms with van der Waals surface area (Å²) in [5.41, 5.74) is 5.44. The number of nitrogens with zero attached hydrogens (tertiary/aromatic N) is 5. The predicted octanol–water partition coefficient (Wildman–Crippen LogP) is 4.21. The second-order valence-corrected chi connectivity index (χ2v) is 7.79. The number of aromatic nitrogens is 2. The highest BCUT2D eigenvalue weighted by molar-refractivity contribution is 5.80. The van der Waals surface area contributed by atoms with Gasteiger partial charge in [-0.1, -0.05) is 29.8 Å². The highest BCUT2D eigenvalue weighted by atomic mass is 15.4. The Kier molecular flexibility index (Phi) is 6.04. The zero-order valence-electron chi connectivity index (χ0n) is 16.8. The molecule has 0 saturated carbocycles. The third-order valence-corrected chi connectivity index (χ3v) is 5.45. The van der Waals surface area contributed by atoms with Gasteiger partial charge < -0.3 is 9.80 Å². The summed E-state index contributed by atoms with van der Waals surface area (Å²) >= 11 is 0. The van der Waals surface area contributed by atoms with Crippen LogP contribution in [-0.2, 0) is 0 Å². The molecular formula is C22H30N6. The van der Waals surface area contributed by atoms with Crippen LogP contribution in [0.1, 0.15) is 49.7 Å². The second kappa shape index (κ2) is 9.04. The second-order valence-electron chi connectivity index (χ2n) is 7.79. The van der Waals surface area contributed by atoms with Crippen LogP contribution in [0, 0.1) is 6.92 Å². The summed E-state index contributed by atoms with van der Waals surface area (Å²) in [5.74, 6) is 2.61. The largest absolute Gasteiger partial charge is 0.356 e. The van der Waals surface area contributed by atoms with Crippen molar-refractivity contribution in [3.8, 4) is 0 Å². The number of hydrazone groups is 1. The molecule has 0 spiro atoms. The molecule has 148 valence electrons. The van der Waals surface area contributed by atoms with Crippen LogP contribution >= 0.6 is 0 Å². The molecule has 0 atom stereocenters. The molecule has 2 saturated heterocycles. The van der Waals surface area contributed by atoms with E-state index in [0.29, 0.717) is 0 Å². The molecule has 2 aliphatic heterocycles. The molecular weight excluding hydrogens is 348 g/mol. The van der Waals surface area contributed by atoms with Crippen molar-refractivity contribution in [1.82, 2.24) is 9.97 Å². The number of aryl methyl sites for hydroxylation is 1. The first-order chi connectivity index (χ1) is 13.8.